The van der Waals surface area contributed by atoms with Crippen molar-refractivity contribution in [1.29, 1.82) is 0 Å². The van der Waals surface area contributed by atoms with Crippen LogP contribution in [0.25, 0.3) is 49.6 Å². The van der Waals surface area contributed by atoms with Crippen LogP contribution in [-0.2, 0) is 12.8 Å². The lowest BCUT2D eigenvalue weighted by atomic mass is 9.92. The van der Waals surface area contributed by atoms with Crippen LogP contribution in [0.3, 0.4) is 0 Å². The van der Waals surface area contributed by atoms with Crippen LogP contribution < -0.4 is 0 Å². The van der Waals surface area contributed by atoms with Crippen LogP contribution in [-0.4, -0.2) is 9.38 Å². The number of hydrogen-bond acceptors (Lipinski definition) is 1. The van der Waals surface area contributed by atoms with Gasteiger partial charge >= 0.3 is 0 Å². The van der Waals surface area contributed by atoms with Gasteiger partial charge in [0.25, 0.3) is 0 Å². The van der Waals surface area contributed by atoms with Crippen LogP contribution in [0.1, 0.15) is 22.3 Å². The van der Waals surface area contributed by atoms with Crippen molar-refractivity contribution in [3.05, 3.63) is 107 Å². The Morgan fingerprint density at radius 3 is 2.32 bits per heavy atom. The summed E-state index contributed by atoms with van der Waals surface area (Å²) >= 11 is 0. The Morgan fingerprint density at radius 1 is 0.613 bits per heavy atom. The number of rotatable bonds is 0. The summed E-state index contributed by atoms with van der Waals surface area (Å²) in [5.74, 6) is 0. The van der Waals surface area contributed by atoms with Gasteiger partial charge in [0.05, 0.1) is 5.52 Å². The Bertz CT molecular complexity index is 1740. The number of benzene rings is 4. The number of para-hydroxylation sites is 1. The molecule has 4 aromatic carbocycles. The molecule has 31 heavy (non-hydrogen) atoms. The molecular weight excluding hydrogens is 376 g/mol. The van der Waals surface area contributed by atoms with E-state index in [0.29, 0.717) is 0 Å². The third kappa shape index (κ3) is 1.91. The predicted molar refractivity (Wildman–Crippen MR) is 127 cm³/mol. The van der Waals surface area contributed by atoms with Gasteiger partial charge in [-0.05, 0) is 80.9 Å². The van der Waals surface area contributed by atoms with Crippen molar-refractivity contribution in [2.45, 2.75) is 12.8 Å². The number of hydrogen-bond donors (Lipinski definition) is 0. The number of aromatic nitrogens is 2. The van der Waals surface area contributed by atoms with Crippen molar-refractivity contribution in [2.75, 3.05) is 0 Å². The molecule has 0 atom stereocenters. The maximum atomic E-state index is 4.72. The minimum atomic E-state index is 0.996. The standard InChI is InChI=1S/C29H18N2/c1-2-6-21-17(5-1)13-18-9-10-19-14-20-15-25-24(16-23(20)28(19)27(18)21)22-7-3-4-8-26(22)31-12-11-30-29(25)31/h1-12,15-16H,13-14H2. The lowest BCUT2D eigenvalue weighted by Crippen LogP contribution is -1.92. The highest BCUT2D eigenvalue weighted by molar-refractivity contribution is 6.14. The Kier molecular flexibility index (Phi) is 2.77. The molecule has 0 N–H and O–H groups in total. The zero-order valence-electron chi connectivity index (χ0n) is 16.9. The van der Waals surface area contributed by atoms with Crippen molar-refractivity contribution in [1.82, 2.24) is 9.38 Å². The first-order valence-electron chi connectivity index (χ1n) is 10.9. The fourth-order valence-electron chi connectivity index (χ4n) is 5.97. The van der Waals surface area contributed by atoms with Crippen LogP contribution in [0.4, 0.5) is 0 Å². The molecule has 0 unspecified atom stereocenters. The first kappa shape index (κ1) is 15.9. The highest BCUT2D eigenvalue weighted by atomic mass is 15.0. The van der Waals surface area contributed by atoms with Crippen LogP contribution in [0.5, 0.6) is 0 Å². The van der Waals surface area contributed by atoms with E-state index < -0.39 is 0 Å². The van der Waals surface area contributed by atoms with Gasteiger partial charge in [-0.15, -0.1) is 0 Å². The van der Waals surface area contributed by atoms with Gasteiger partial charge in [-0.25, -0.2) is 4.98 Å². The summed E-state index contributed by atoms with van der Waals surface area (Å²) in [7, 11) is 0. The molecule has 0 bridgehead atoms. The second-order valence-electron chi connectivity index (χ2n) is 8.84. The Labute approximate surface area is 179 Å². The monoisotopic (exact) mass is 394 g/mol. The first-order chi connectivity index (χ1) is 15.4. The van der Waals surface area contributed by atoms with Crippen molar-refractivity contribution < 1.29 is 0 Å². The molecule has 0 radical (unpaired) electrons. The largest absolute Gasteiger partial charge is 0.299 e. The topological polar surface area (TPSA) is 17.3 Å². The fourth-order valence-corrected chi connectivity index (χ4v) is 5.97. The lowest BCUT2D eigenvalue weighted by molar-refractivity contribution is 1.23. The summed E-state index contributed by atoms with van der Waals surface area (Å²) < 4.78 is 2.22. The van der Waals surface area contributed by atoms with Crippen LogP contribution in [0.2, 0.25) is 0 Å². The second kappa shape index (κ2) is 5.41. The maximum Gasteiger partial charge on any atom is 0.145 e. The highest BCUT2D eigenvalue weighted by Gasteiger charge is 2.29. The van der Waals surface area contributed by atoms with Crippen LogP contribution in [0.15, 0.2) is 85.2 Å². The van der Waals surface area contributed by atoms with Crippen molar-refractivity contribution in [3.8, 4) is 22.3 Å². The van der Waals surface area contributed by atoms with Gasteiger partial charge in [0, 0.05) is 23.2 Å². The Hall–Kier alpha value is -3.91. The molecule has 2 nitrogen and oxygen atoms in total. The molecule has 6 aromatic rings. The highest BCUT2D eigenvalue weighted by Crippen LogP contribution is 2.50. The molecule has 0 fully saturated rings. The van der Waals surface area contributed by atoms with Crippen molar-refractivity contribution in [3.63, 3.8) is 0 Å². The van der Waals surface area contributed by atoms with E-state index in [9.17, 15) is 0 Å². The minimum Gasteiger partial charge on any atom is -0.299 e. The number of nitrogens with zero attached hydrogens (tertiary/aromatic N) is 2. The number of pyridine rings is 1. The van der Waals surface area contributed by atoms with Gasteiger partial charge in [-0.2, -0.15) is 0 Å². The average Bonchev–Trinajstić information content (AvgIpc) is 3.52. The summed E-state index contributed by atoms with van der Waals surface area (Å²) in [4.78, 5) is 4.72. The molecule has 8 rings (SSSR count). The molecule has 2 heterocycles. The zero-order valence-corrected chi connectivity index (χ0v) is 16.9. The van der Waals surface area contributed by atoms with E-state index in [0.717, 1.165) is 18.5 Å². The summed E-state index contributed by atoms with van der Waals surface area (Å²) in [6.07, 6.45) is 6.02. The summed E-state index contributed by atoms with van der Waals surface area (Å²) in [6.45, 7) is 0. The molecule has 144 valence electrons. The summed E-state index contributed by atoms with van der Waals surface area (Å²) in [5.41, 5.74) is 13.8. The van der Waals surface area contributed by atoms with Gasteiger partial charge in [-0.1, -0.05) is 54.6 Å². The van der Waals surface area contributed by atoms with Crippen molar-refractivity contribution >= 4 is 27.3 Å². The SMILES string of the molecule is c1ccc2c(c1)Cc1ccc3c(c1-2)-c1cc2c4ccccc4n4ccnc4c2cc1C3. The molecule has 2 heteroatoms. The Balaban J connectivity index is 1.52. The van der Waals surface area contributed by atoms with E-state index in [-0.39, 0.29) is 0 Å². The van der Waals surface area contributed by atoms with E-state index in [1.165, 1.54) is 66.2 Å². The molecule has 0 saturated carbocycles. The van der Waals surface area contributed by atoms with Gasteiger partial charge in [0.2, 0.25) is 0 Å². The van der Waals surface area contributed by atoms with Gasteiger partial charge in [0.1, 0.15) is 5.65 Å². The maximum absolute atomic E-state index is 4.72. The molecule has 2 aliphatic rings. The second-order valence-corrected chi connectivity index (χ2v) is 8.84. The quantitative estimate of drug-likeness (QED) is 0.259. The van der Waals surface area contributed by atoms with E-state index in [2.05, 4.69) is 83.4 Å². The van der Waals surface area contributed by atoms with Crippen molar-refractivity contribution in [2.24, 2.45) is 0 Å². The Morgan fingerprint density at radius 2 is 1.39 bits per heavy atom. The van der Waals surface area contributed by atoms with Gasteiger partial charge in [-0.3, -0.25) is 4.40 Å². The predicted octanol–water partition coefficient (Wildman–Crippen LogP) is 6.78. The van der Waals surface area contributed by atoms with E-state index in [1.807, 2.05) is 6.20 Å². The van der Waals surface area contributed by atoms with E-state index in [4.69, 9.17) is 4.98 Å². The van der Waals surface area contributed by atoms with Crippen LogP contribution in [0, 0.1) is 0 Å². The molecular formula is C29H18N2. The normalized spacial score (nSPS) is 13.5. The van der Waals surface area contributed by atoms with Crippen LogP contribution >= 0.6 is 0 Å². The summed E-state index contributed by atoms with van der Waals surface area (Å²) in [6, 6.07) is 27.1. The van der Waals surface area contributed by atoms with E-state index in [1.54, 1.807) is 0 Å². The lowest BCUT2D eigenvalue weighted by Gasteiger charge is -2.13. The number of fused-ring (bicyclic) bond motifs is 13. The molecule has 0 spiro atoms. The minimum absolute atomic E-state index is 0.996. The molecule has 2 aliphatic carbocycles. The fraction of sp³-hybridized carbons (Fsp3) is 0.0690. The third-order valence-corrected chi connectivity index (χ3v) is 7.27. The average molecular weight is 394 g/mol. The van der Waals surface area contributed by atoms with Gasteiger partial charge in [0.15, 0.2) is 0 Å². The smallest absolute Gasteiger partial charge is 0.145 e. The zero-order chi connectivity index (χ0) is 20.1. The number of imidazole rings is 1. The summed E-state index contributed by atoms with van der Waals surface area (Å²) in [5, 5.41) is 3.82. The molecule has 0 saturated heterocycles. The van der Waals surface area contributed by atoms with Gasteiger partial charge < -0.3 is 0 Å². The molecule has 0 amide bonds. The third-order valence-electron chi connectivity index (χ3n) is 7.27. The first-order valence-corrected chi connectivity index (χ1v) is 10.9. The van der Waals surface area contributed by atoms with E-state index >= 15 is 0 Å². The molecule has 0 aliphatic heterocycles. The molecule has 2 aromatic heterocycles.